The van der Waals surface area contributed by atoms with Crippen molar-refractivity contribution in [1.82, 2.24) is 5.32 Å². The number of hydrogen-bond donors (Lipinski definition) is 1. The molecule has 0 spiro atoms. The summed E-state index contributed by atoms with van der Waals surface area (Å²) in [6.07, 6.45) is 5.00. The average Bonchev–Trinajstić information content (AvgIpc) is 2.28. The fourth-order valence-electron chi connectivity index (χ4n) is 0.615. The molecule has 0 saturated heterocycles. The highest BCUT2D eigenvalue weighted by Gasteiger charge is 2.04. The van der Waals surface area contributed by atoms with Crippen molar-refractivity contribution in [3.63, 3.8) is 0 Å². The Labute approximate surface area is 91.5 Å². The van der Waals surface area contributed by atoms with Crippen LogP contribution in [0.2, 0.25) is 0 Å². The summed E-state index contributed by atoms with van der Waals surface area (Å²) in [4.78, 5) is 11.2. The second-order valence-corrected chi connectivity index (χ2v) is 2.11. The van der Waals surface area contributed by atoms with E-state index in [-0.39, 0.29) is 11.6 Å². The van der Waals surface area contributed by atoms with Crippen LogP contribution in [-0.2, 0) is 4.79 Å². The zero-order valence-corrected chi connectivity index (χ0v) is 9.66. The molecule has 0 aromatic heterocycles. The summed E-state index contributed by atoms with van der Waals surface area (Å²) < 4.78 is 0. The molecule has 0 aromatic rings. The van der Waals surface area contributed by atoms with Gasteiger partial charge in [-0.05, 0) is 13.0 Å². The minimum Gasteiger partial charge on any atom is -0.347 e. The van der Waals surface area contributed by atoms with Gasteiger partial charge in [-0.3, -0.25) is 4.79 Å². The van der Waals surface area contributed by atoms with E-state index in [0.717, 1.165) is 0 Å². The SMILES string of the molecule is C=C/C(=N\N=C)C(=O)NC/C=C/C.CC. The van der Waals surface area contributed by atoms with Crippen LogP contribution in [0.1, 0.15) is 20.8 Å². The summed E-state index contributed by atoms with van der Waals surface area (Å²) >= 11 is 0. The molecule has 0 heterocycles. The summed E-state index contributed by atoms with van der Waals surface area (Å²) in [5.41, 5.74) is 0.166. The first-order valence-corrected chi connectivity index (χ1v) is 4.81. The highest BCUT2D eigenvalue weighted by atomic mass is 16.1. The standard InChI is InChI=1S/C9H13N3O.C2H6/c1-4-6-7-11-9(13)8(5-2)12-10-3;1-2/h4-6H,2-3,7H2,1H3,(H,11,13);1-2H3/b6-4+,12-8+;. The maximum Gasteiger partial charge on any atom is 0.272 e. The maximum absolute atomic E-state index is 11.2. The van der Waals surface area contributed by atoms with Crippen LogP contribution in [0.5, 0.6) is 0 Å². The molecular weight excluding hydrogens is 190 g/mol. The number of rotatable bonds is 5. The van der Waals surface area contributed by atoms with E-state index >= 15 is 0 Å². The number of nitrogens with zero attached hydrogens (tertiary/aromatic N) is 2. The first-order chi connectivity index (χ1) is 7.26. The van der Waals surface area contributed by atoms with Gasteiger partial charge < -0.3 is 5.32 Å². The van der Waals surface area contributed by atoms with Crippen LogP contribution in [-0.4, -0.2) is 24.9 Å². The van der Waals surface area contributed by atoms with E-state index in [2.05, 4.69) is 28.8 Å². The van der Waals surface area contributed by atoms with Crippen LogP contribution in [0.3, 0.4) is 0 Å². The van der Waals surface area contributed by atoms with Crippen LogP contribution >= 0.6 is 0 Å². The van der Waals surface area contributed by atoms with Crippen molar-refractivity contribution < 1.29 is 4.79 Å². The predicted octanol–water partition coefficient (Wildman–Crippen LogP) is 1.95. The lowest BCUT2D eigenvalue weighted by atomic mass is 10.3. The molecule has 0 saturated carbocycles. The third-order valence-corrected chi connectivity index (χ3v) is 1.22. The van der Waals surface area contributed by atoms with E-state index in [1.807, 2.05) is 32.9 Å². The number of allylic oxidation sites excluding steroid dienone is 1. The number of carbonyl (C=O) groups is 1. The van der Waals surface area contributed by atoms with Crippen molar-refractivity contribution >= 4 is 18.3 Å². The number of hydrogen-bond acceptors (Lipinski definition) is 3. The van der Waals surface area contributed by atoms with Gasteiger partial charge in [-0.15, -0.1) is 5.10 Å². The number of carbonyl (C=O) groups excluding carboxylic acids is 1. The molecule has 15 heavy (non-hydrogen) atoms. The van der Waals surface area contributed by atoms with Crippen molar-refractivity contribution in [2.45, 2.75) is 20.8 Å². The van der Waals surface area contributed by atoms with E-state index in [4.69, 9.17) is 0 Å². The van der Waals surface area contributed by atoms with Crippen molar-refractivity contribution in [2.24, 2.45) is 10.2 Å². The molecular formula is C11H19N3O. The first kappa shape index (κ1) is 15.7. The monoisotopic (exact) mass is 209 g/mol. The van der Waals surface area contributed by atoms with Crippen LogP contribution in [0.25, 0.3) is 0 Å². The van der Waals surface area contributed by atoms with E-state index in [1.54, 1.807) is 0 Å². The van der Waals surface area contributed by atoms with Crippen LogP contribution in [0, 0.1) is 0 Å². The summed E-state index contributed by atoms with van der Waals surface area (Å²) in [6, 6.07) is 0. The number of amides is 1. The molecule has 4 heteroatoms. The van der Waals surface area contributed by atoms with E-state index in [1.165, 1.54) is 6.08 Å². The minimum absolute atomic E-state index is 0.166. The highest BCUT2D eigenvalue weighted by molar-refractivity contribution is 6.43. The van der Waals surface area contributed by atoms with Crippen LogP contribution < -0.4 is 5.32 Å². The lowest BCUT2D eigenvalue weighted by Crippen LogP contribution is -2.29. The lowest BCUT2D eigenvalue weighted by Gasteiger charge is -1.99. The Morgan fingerprint density at radius 3 is 2.47 bits per heavy atom. The van der Waals surface area contributed by atoms with E-state index in [0.29, 0.717) is 6.54 Å². The van der Waals surface area contributed by atoms with Crippen molar-refractivity contribution in [3.8, 4) is 0 Å². The lowest BCUT2D eigenvalue weighted by molar-refractivity contribution is -0.114. The molecule has 0 aliphatic heterocycles. The number of nitrogens with one attached hydrogen (secondary N) is 1. The summed E-state index contributed by atoms with van der Waals surface area (Å²) in [5.74, 6) is -0.305. The molecule has 84 valence electrons. The molecule has 0 bridgehead atoms. The van der Waals surface area contributed by atoms with Gasteiger partial charge in [0.2, 0.25) is 0 Å². The fraction of sp³-hybridized carbons (Fsp3) is 0.364. The molecule has 0 atom stereocenters. The van der Waals surface area contributed by atoms with Gasteiger partial charge >= 0.3 is 0 Å². The summed E-state index contributed by atoms with van der Waals surface area (Å²) in [7, 11) is 0. The summed E-state index contributed by atoms with van der Waals surface area (Å²) in [5, 5.41) is 9.35. The van der Waals surface area contributed by atoms with Gasteiger partial charge in [0.25, 0.3) is 5.91 Å². The molecule has 0 aliphatic carbocycles. The van der Waals surface area contributed by atoms with Gasteiger partial charge in [-0.2, -0.15) is 5.10 Å². The van der Waals surface area contributed by atoms with Crippen molar-refractivity contribution in [1.29, 1.82) is 0 Å². The molecule has 0 rings (SSSR count). The molecule has 1 N–H and O–H groups in total. The minimum atomic E-state index is -0.305. The van der Waals surface area contributed by atoms with Crippen LogP contribution in [0.4, 0.5) is 0 Å². The molecule has 0 aromatic carbocycles. The van der Waals surface area contributed by atoms with E-state index in [9.17, 15) is 4.79 Å². The van der Waals surface area contributed by atoms with Crippen molar-refractivity contribution in [2.75, 3.05) is 6.54 Å². The Bertz CT molecular complexity index is 255. The largest absolute Gasteiger partial charge is 0.347 e. The first-order valence-electron chi connectivity index (χ1n) is 4.81. The maximum atomic E-state index is 11.2. The molecule has 0 radical (unpaired) electrons. The van der Waals surface area contributed by atoms with Gasteiger partial charge in [-0.25, -0.2) is 0 Å². The average molecular weight is 209 g/mol. The van der Waals surface area contributed by atoms with E-state index < -0.39 is 0 Å². The quantitative estimate of drug-likeness (QED) is 0.420. The molecule has 1 amide bonds. The Kier molecular flexibility index (Phi) is 12.9. The van der Waals surface area contributed by atoms with Gasteiger partial charge in [0.15, 0.2) is 0 Å². The van der Waals surface area contributed by atoms with Crippen LogP contribution in [0.15, 0.2) is 35.0 Å². The zero-order valence-electron chi connectivity index (χ0n) is 9.66. The second kappa shape index (κ2) is 12.3. The van der Waals surface area contributed by atoms with Gasteiger partial charge in [0.1, 0.15) is 5.71 Å². The predicted molar refractivity (Wildman–Crippen MR) is 66.4 cm³/mol. The molecule has 0 unspecified atom stereocenters. The highest BCUT2D eigenvalue weighted by Crippen LogP contribution is 1.82. The van der Waals surface area contributed by atoms with Gasteiger partial charge in [-0.1, -0.05) is 32.6 Å². The zero-order chi connectivity index (χ0) is 12.1. The summed E-state index contributed by atoms with van der Waals surface area (Å²) in [6.45, 7) is 12.9. The molecule has 0 aliphatic rings. The van der Waals surface area contributed by atoms with Gasteiger partial charge in [0, 0.05) is 13.3 Å². The molecule has 0 fully saturated rings. The third-order valence-electron chi connectivity index (χ3n) is 1.22. The topological polar surface area (TPSA) is 53.8 Å². The molecule has 4 nitrogen and oxygen atoms in total. The smallest absolute Gasteiger partial charge is 0.272 e. The second-order valence-electron chi connectivity index (χ2n) is 2.11. The Hall–Kier alpha value is -1.71. The van der Waals surface area contributed by atoms with Crippen molar-refractivity contribution in [3.05, 3.63) is 24.8 Å². The fourth-order valence-corrected chi connectivity index (χ4v) is 0.615. The Balaban J connectivity index is 0. The normalized spacial score (nSPS) is 10.2. The third kappa shape index (κ3) is 8.62. The Morgan fingerprint density at radius 2 is 2.07 bits per heavy atom. The Morgan fingerprint density at radius 1 is 1.47 bits per heavy atom. The van der Waals surface area contributed by atoms with Gasteiger partial charge in [0.05, 0.1) is 0 Å².